The van der Waals surface area contributed by atoms with Gasteiger partial charge in [-0.3, -0.25) is 14.0 Å². The van der Waals surface area contributed by atoms with E-state index in [4.69, 9.17) is 21.1 Å². The maximum atomic E-state index is 12.4. The Morgan fingerprint density at radius 3 is 2.64 bits per heavy atom. The molecule has 1 amide bonds. The molecular weight excluding hydrogens is 442 g/mol. The van der Waals surface area contributed by atoms with Gasteiger partial charge in [0, 0.05) is 24.0 Å². The van der Waals surface area contributed by atoms with Gasteiger partial charge in [0.25, 0.3) is 11.5 Å². The average molecular weight is 464 g/mol. The summed E-state index contributed by atoms with van der Waals surface area (Å²) >= 11 is 6.04. The number of hydrogen-bond acceptors (Lipinski definition) is 5. The Balaban J connectivity index is 1.43. The molecule has 0 aliphatic carbocycles. The summed E-state index contributed by atoms with van der Waals surface area (Å²) in [5.41, 5.74) is 3.30. The molecule has 0 spiro atoms. The average Bonchev–Trinajstić information content (AvgIpc) is 2.79. The zero-order chi connectivity index (χ0) is 23.4. The van der Waals surface area contributed by atoms with Gasteiger partial charge in [-0.1, -0.05) is 35.9 Å². The standard InChI is InChI=1S/C25H22ClN3O4/c1-16-9-10-18(27-23(30)15-33-21-8-4-3-7-20(21)26)12-22(16)32-14-19-13-24(31)29-11-5-6-17(2)25(29)28-19/h3-13H,14-15H2,1-2H3,(H,27,30). The van der Waals surface area contributed by atoms with Crippen LogP contribution >= 0.6 is 11.6 Å². The highest BCUT2D eigenvalue weighted by Crippen LogP contribution is 2.25. The molecule has 0 aliphatic rings. The van der Waals surface area contributed by atoms with Gasteiger partial charge in [0.15, 0.2) is 6.61 Å². The maximum Gasteiger partial charge on any atom is 0.262 e. The van der Waals surface area contributed by atoms with Crippen LogP contribution in [0.15, 0.2) is 71.7 Å². The summed E-state index contributed by atoms with van der Waals surface area (Å²) < 4.78 is 12.9. The lowest BCUT2D eigenvalue weighted by Crippen LogP contribution is -2.20. The highest BCUT2D eigenvalue weighted by molar-refractivity contribution is 6.32. The largest absolute Gasteiger partial charge is 0.487 e. The number of anilines is 1. The number of aryl methyl sites for hydroxylation is 2. The van der Waals surface area contributed by atoms with Crippen molar-refractivity contribution in [2.24, 2.45) is 0 Å². The van der Waals surface area contributed by atoms with Gasteiger partial charge in [-0.15, -0.1) is 0 Å². The van der Waals surface area contributed by atoms with Crippen LogP contribution in [0.25, 0.3) is 5.65 Å². The number of halogens is 1. The zero-order valence-electron chi connectivity index (χ0n) is 18.2. The lowest BCUT2D eigenvalue weighted by atomic mass is 10.2. The van der Waals surface area contributed by atoms with Gasteiger partial charge in [0.2, 0.25) is 0 Å². The van der Waals surface area contributed by atoms with Crippen molar-refractivity contribution < 1.29 is 14.3 Å². The molecule has 33 heavy (non-hydrogen) atoms. The predicted molar refractivity (Wildman–Crippen MR) is 127 cm³/mol. The van der Waals surface area contributed by atoms with Crippen molar-refractivity contribution in [3.8, 4) is 11.5 Å². The number of carbonyl (C=O) groups excluding carboxylic acids is 1. The predicted octanol–water partition coefficient (Wildman–Crippen LogP) is 4.56. The summed E-state index contributed by atoms with van der Waals surface area (Å²) in [6, 6.07) is 17.5. The third-order valence-electron chi connectivity index (χ3n) is 4.98. The molecule has 0 radical (unpaired) electrons. The van der Waals surface area contributed by atoms with E-state index >= 15 is 0 Å². The molecule has 2 aromatic heterocycles. The van der Waals surface area contributed by atoms with E-state index in [1.54, 1.807) is 42.6 Å². The van der Waals surface area contributed by atoms with Crippen LogP contribution in [0.3, 0.4) is 0 Å². The molecule has 168 valence electrons. The van der Waals surface area contributed by atoms with Gasteiger partial charge in [0.05, 0.1) is 10.7 Å². The number of nitrogens with zero attached hydrogens (tertiary/aromatic N) is 2. The molecule has 0 saturated heterocycles. The van der Waals surface area contributed by atoms with Crippen LogP contribution in [-0.4, -0.2) is 21.9 Å². The lowest BCUT2D eigenvalue weighted by molar-refractivity contribution is -0.118. The first-order chi connectivity index (χ1) is 15.9. The van der Waals surface area contributed by atoms with Gasteiger partial charge >= 0.3 is 0 Å². The second kappa shape index (κ2) is 9.75. The number of rotatable bonds is 7. The number of para-hydroxylation sites is 1. The van der Waals surface area contributed by atoms with Crippen LogP contribution in [-0.2, 0) is 11.4 Å². The normalized spacial score (nSPS) is 10.8. The van der Waals surface area contributed by atoms with Crippen molar-refractivity contribution in [2.75, 3.05) is 11.9 Å². The number of pyridine rings is 1. The minimum Gasteiger partial charge on any atom is -0.487 e. The molecule has 0 saturated carbocycles. The molecular formula is C25H22ClN3O4. The Morgan fingerprint density at radius 1 is 1.00 bits per heavy atom. The molecule has 2 aromatic carbocycles. The van der Waals surface area contributed by atoms with Crippen molar-refractivity contribution in [3.05, 3.63) is 99.1 Å². The monoisotopic (exact) mass is 463 g/mol. The molecule has 0 fully saturated rings. The molecule has 0 bridgehead atoms. The van der Waals surface area contributed by atoms with Gasteiger partial charge in [-0.25, -0.2) is 4.98 Å². The second-order valence-electron chi connectivity index (χ2n) is 7.51. The fourth-order valence-corrected chi connectivity index (χ4v) is 3.46. The van der Waals surface area contributed by atoms with Crippen LogP contribution in [0.4, 0.5) is 5.69 Å². The van der Waals surface area contributed by atoms with Crippen LogP contribution in [0.1, 0.15) is 16.8 Å². The zero-order valence-corrected chi connectivity index (χ0v) is 18.9. The summed E-state index contributed by atoms with van der Waals surface area (Å²) in [7, 11) is 0. The summed E-state index contributed by atoms with van der Waals surface area (Å²) in [6.07, 6.45) is 1.69. The molecule has 0 aliphatic heterocycles. The van der Waals surface area contributed by atoms with Crippen LogP contribution < -0.4 is 20.3 Å². The quantitative estimate of drug-likeness (QED) is 0.434. The smallest absolute Gasteiger partial charge is 0.262 e. The van der Waals surface area contributed by atoms with Crippen molar-refractivity contribution >= 4 is 28.8 Å². The third-order valence-corrected chi connectivity index (χ3v) is 5.29. The Kier molecular flexibility index (Phi) is 6.60. The van der Waals surface area contributed by atoms with Gasteiger partial charge in [-0.05, 0) is 49.2 Å². The number of nitrogens with one attached hydrogen (secondary N) is 1. The molecule has 1 N–H and O–H groups in total. The first kappa shape index (κ1) is 22.4. The number of carbonyl (C=O) groups is 1. The first-order valence-corrected chi connectivity index (χ1v) is 10.7. The van der Waals surface area contributed by atoms with Crippen molar-refractivity contribution in [1.82, 2.24) is 9.38 Å². The van der Waals surface area contributed by atoms with E-state index < -0.39 is 0 Å². The van der Waals surface area contributed by atoms with Gasteiger partial charge in [-0.2, -0.15) is 0 Å². The van der Waals surface area contributed by atoms with Crippen molar-refractivity contribution in [2.45, 2.75) is 20.5 Å². The molecule has 2 heterocycles. The Labute approximate surface area is 195 Å². The highest BCUT2D eigenvalue weighted by Gasteiger charge is 2.10. The van der Waals surface area contributed by atoms with Gasteiger partial charge < -0.3 is 14.8 Å². The summed E-state index contributed by atoms with van der Waals surface area (Å²) in [5.74, 6) is 0.687. The van der Waals surface area contributed by atoms with Crippen molar-refractivity contribution in [1.29, 1.82) is 0 Å². The maximum absolute atomic E-state index is 12.4. The van der Waals surface area contributed by atoms with E-state index in [0.29, 0.717) is 33.6 Å². The van der Waals surface area contributed by atoms with Crippen LogP contribution in [0, 0.1) is 13.8 Å². The van der Waals surface area contributed by atoms with Gasteiger partial charge in [0.1, 0.15) is 23.8 Å². The topological polar surface area (TPSA) is 81.9 Å². The number of fused-ring (bicyclic) bond motifs is 1. The number of benzene rings is 2. The van der Waals surface area contributed by atoms with E-state index in [0.717, 1.165) is 11.1 Å². The van der Waals surface area contributed by atoms with Crippen LogP contribution in [0.2, 0.25) is 5.02 Å². The Bertz CT molecular complexity index is 1380. The SMILES string of the molecule is Cc1ccc(NC(=O)COc2ccccc2Cl)cc1OCc1cc(=O)n2cccc(C)c2n1. The van der Waals surface area contributed by atoms with E-state index in [1.807, 2.05) is 32.0 Å². The fraction of sp³-hybridized carbons (Fsp3) is 0.160. The molecule has 0 unspecified atom stereocenters. The van der Waals surface area contributed by atoms with E-state index in [-0.39, 0.29) is 24.7 Å². The molecule has 0 atom stereocenters. The summed E-state index contributed by atoms with van der Waals surface area (Å²) in [4.78, 5) is 29.2. The number of ether oxygens (including phenoxy) is 2. The fourth-order valence-electron chi connectivity index (χ4n) is 3.27. The minimum atomic E-state index is -0.329. The third kappa shape index (κ3) is 5.32. The lowest BCUT2D eigenvalue weighted by Gasteiger charge is -2.13. The van der Waals surface area contributed by atoms with Crippen molar-refractivity contribution in [3.63, 3.8) is 0 Å². The Hall–Kier alpha value is -3.84. The van der Waals surface area contributed by atoms with E-state index in [1.165, 1.54) is 10.5 Å². The minimum absolute atomic E-state index is 0.119. The summed E-state index contributed by atoms with van der Waals surface area (Å²) in [6.45, 7) is 3.73. The molecule has 4 rings (SSSR count). The molecule has 8 heteroatoms. The van der Waals surface area contributed by atoms with Crippen LogP contribution in [0.5, 0.6) is 11.5 Å². The number of hydrogen-bond donors (Lipinski definition) is 1. The molecule has 7 nitrogen and oxygen atoms in total. The summed E-state index contributed by atoms with van der Waals surface area (Å²) in [5, 5.41) is 3.22. The Morgan fingerprint density at radius 2 is 1.82 bits per heavy atom. The van der Waals surface area contributed by atoms with E-state index in [9.17, 15) is 9.59 Å². The first-order valence-electron chi connectivity index (χ1n) is 10.3. The highest BCUT2D eigenvalue weighted by atomic mass is 35.5. The second-order valence-corrected chi connectivity index (χ2v) is 7.91. The number of aromatic nitrogens is 2. The molecule has 4 aromatic rings. The van der Waals surface area contributed by atoms with E-state index in [2.05, 4.69) is 10.3 Å². The number of amides is 1.